The van der Waals surface area contributed by atoms with E-state index in [0.29, 0.717) is 36.3 Å². The number of nitriles is 1. The number of aromatic hydroxyl groups is 1. The Morgan fingerprint density at radius 3 is 2.61 bits per heavy atom. The SMILES string of the molecule is CCO[C@H](CC/C=C/C(=O)NO)[C@H](OC(=O)Nc1ccc(C#N)cc1)c1cc(I)ccc1O. The highest BCUT2D eigenvalue weighted by Gasteiger charge is 2.30. The van der Waals surface area contributed by atoms with E-state index in [1.54, 1.807) is 49.4 Å². The number of benzene rings is 2. The number of nitrogens with one attached hydrogen (secondary N) is 2. The van der Waals surface area contributed by atoms with E-state index in [-0.39, 0.29) is 5.75 Å². The fourth-order valence-electron chi connectivity index (χ4n) is 3.01. The van der Waals surface area contributed by atoms with Crippen LogP contribution in [0.5, 0.6) is 5.75 Å². The quantitative estimate of drug-likeness (QED) is 0.145. The number of ether oxygens (including phenoxy) is 2. The van der Waals surface area contributed by atoms with Crippen molar-refractivity contribution in [1.29, 1.82) is 5.26 Å². The molecule has 0 unspecified atom stereocenters. The van der Waals surface area contributed by atoms with Crippen molar-refractivity contribution in [3.05, 3.63) is 69.3 Å². The second-order valence-corrected chi connectivity index (χ2v) is 8.04. The number of phenols is 1. The van der Waals surface area contributed by atoms with E-state index < -0.39 is 24.2 Å². The van der Waals surface area contributed by atoms with Crippen LogP contribution in [-0.4, -0.2) is 35.0 Å². The molecule has 0 aliphatic rings. The van der Waals surface area contributed by atoms with Gasteiger partial charge in [-0.05, 0) is 84.8 Å². The average Bonchev–Trinajstić information content (AvgIpc) is 2.81. The van der Waals surface area contributed by atoms with Crippen molar-refractivity contribution in [3.63, 3.8) is 0 Å². The predicted octanol–water partition coefficient (Wildman–Crippen LogP) is 4.41. The molecule has 0 spiro atoms. The molecule has 0 bridgehead atoms. The number of nitrogens with zero attached hydrogens (tertiary/aromatic N) is 1. The van der Waals surface area contributed by atoms with Crippen LogP contribution in [0.3, 0.4) is 0 Å². The van der Waals surface area contributed by atoms with Gasteiger partial charge >= 0.3 is 6.09 Å². The number of allylic oxidation sites excluding steroid dienone is 1. The van der Waals surface area contributed by atoms with Crippen molar-refractivity contribution < 1.29 is 29.4 Å². The third-order valence-electron chi connectivity index (χ3n) is 4.51. The normalized spacial score (nSPS) is 12.5. The highest BCUT2D eigenvalue weighted by Crippen LogP contribution is 2.34. The van der Waals surface area contributed by atoms with Gasteiger partial charge in [-0.1, -0.05) is 6.08 Å². The highest BCUT2D eigenvalue weighted by atomic mass is 127. The molecule has 9 nitrogen and oxygen atoms in total. The van der Waals surface area contributed by atoms with Gasteiger partial charge in [0.05, 0.1) is 17.7 Å². The number of hydrogen-bond donors (Lipinski definition) is 4. The van der Waals surface area contributed by atoms with E-state index in [1.165, 1.54) is 17.6 Å². The Hall–Kier alpha value is -3.14. The van der Waals surface area contributed by atoms with Gasteiger partial charge in [0.1, 0.15) is 5.75 Å². The van der Waals surface area contributed by atoms with Crippen LogP contribution in [0.15, 0.2) is 54.6 Å². The van der Waals surface area contributed by atoms with E-state index in [4.69, 9.17) is 19.9 Å². The maximum atomic E-state index is 12.7. The van der Waals surface area contributed by atoms with Crippen LogP contribution in [0, 0.1) is 14.9 Å². The fraction of sp³-hybridized carbons (Fsp3) is 0.261. The molecule has 0 radical (unpaired) electrons. The van der Waals surface area contributed by atoms with Crippen LogP contribution >= 0.6 is 22.6 Å². The van der Waals surface area contributed by atoms with E-state index in [9.17, 15) is 14.7 Å². The van der Waals surface area contributed by atoms with Gasteiger partial charge in [-0.15, -0.1) is 0 Å². The van der Waals surface area contributed by atoms with Crippen LogP contribution in [-0.2, 0) is 14.3 Å². The molecule has 0 aliphatic heterocycles. The van der Waals surface area contributed by atoms with E-state index in [2.05, 4.69) is 27.9 Å². The molecule has 2 aromatic carbocycles. The standard InChI is InChI=1S/C23H24IN3O6/c1-2-32-20(5-3-4-6-21(29)27-31)22(18-13-16(24)9-12-19(18)28)33-23(30)26-17-10-7-15(14-25)8-11-17/h4,6-13,20,22,28,31H,2-3,5H2,1H3,(H,26,30)(H,27,29)/b6-4+/t20-,22-/m1/s1. The first-order valence-electron chi connectivity index (χ1n) is 10.1. The van der Waals surface area contributed by atoms with Gasteiger partial charge in [0, 0.05) is 27.5 Å². The molecule has 2 rings (SSSR count). The van der Waals surface area contributed by atoms with Gasteiger partial charge < -0.3 is 14.6 Å². The maximum absolute atomic E-state index is 12.7. The molecule has 2 atom stereocenters. The Labute approximate surface area is 205 Å². The summed E-state index contributed by atoms with van der Waals surface area (Å²) in [6.45, 7) is 2.12. The third kappa shape index (κ3) is 8.38. The van der Waals surface area contributed by atoms with E-state index in [0.717, 1.165) is 3.57 Å². The van der Waals surface area contributed by atoms with Crippen molar-refractivity contribution in [3.8, 4) is 11.8 Å². The van der Waals surface area contributed by atoms with Crippen molar-refractivity contribution in [2.75, 3.05) is 11.9 Å². The largest absolute Gasteiger partial charge is 0.508 e. The minimum atomic E-state index is -0.946. The van der Waals surface area contributed by atoms with Gasteiger partial charge in [0.15, 0.2) is 6.10 Å². The second-order valence-electron chi connectivity index (χ2n) is 6.79. The van der Waals surface area contributed by atoms with Crippen molar-refractivity contribution in [2.45, 2.75) is 32.0 Å². The van der Waals surface area contributed by atoms with Crippen LogP contribution in [0.4, 0.5) is 10.5 Å². The number of rotatable bonds is 10. The van der Waals surface area contributed by atoms with Gasteiger partial charge in [-0.3, -0.25) is 15.3 Å². The summed E-state index contributed by atoms with van der Waals surface area (Å²) in [5, 5.41) is 30.6. The summed E-state index contributed by atoms with van der Waals surface area (Å²) in [4.78, 5) is 23.9. The van der Waals surface area contributed by atoms with E-state index >= 15 is 0 Å². The fourth-order valence-corrected chi connectivity index (χ4v) is 3.52. The predicted molar refractivity (Wildman–Crippen MR) is 129 cm³/mol. The van der Waals surface area contributed by atoms with Crippen LogP contribution in [0.2, 0.25) is 0 Å². The Balaban J connectivity index is 2.25. The highest BCUT2D eigenvalue weighted by molar-refractivity contribution is 14.1. The molecule has 2 amide bonds. The van der Waals surface area contributed by atoms with Gasteiger partial charge in [-0.25, -0.2) is 10.3 Å². The lowest BCUT2D eigenvalue weighted by molar-refractivity contribution is -0.124. The average molecular weight is 565 g/mol. The minimum Gasteiger partial charge on any atom is -0.508 e. The lowest BCUT2D eigenvalue weighted by Gasteiger charge is -2.28. The Bertz CT molecular complexity index is 1020. The molecule has 4 N–H and O–H groups in total. The first-order valence-corrected chi connectivity index (χ1v) is 11.1. The van der Waals surface area contributed by atoms with Crippen LogP contribution in [0.25, 0.3) is 0 Å². The molecule has 2 aromatic rings. The molecule has 174 valence electrons. The smallest absolute Gasteiger partial charge is 0.412 e. The number of amides is 2. The zero-order valence-corrected chi connectivity index (χ0v) is 20.0. The number of hydrogen-bond acceptors (Lipinski definition) is 7. The lowest BCUT2D eigenvalue weighted by atomic mass is 9.99. The summed E-state index contributed by atoms with van der Waals surface area (Å²) in [7, 11) is 0. The zero-order valence-electron chi connectivity index (χ0n) is 17.8. The summed E-state index contributed by atoms with van der Waals surface area (Å²) in [5.41, 5.74) is 2.79. The topological polar surface area (TPSA) is 141 Å². The number of hydroxylamine groups is 1. The van der Waals surface area contributed by atoms with Gasteiger partial charge in [0.2, 0.25) is 0 Å². The number of halogens is 1. The molecule has 0 aliphatic carbocycles. The number of carbonyl (C=O) groups is 2. The molecule has 0 saturated carbocycles. The molecule has 0 saturated heterocycles. The maximum Gasteiger partial charge on any atom is 0.412 e. The first kappa shape index (κ1) is 26.1. The molecular weight excluding hydrogens is 541 g/mol. The summed E-state index contributed by atoms with van der Waals surface area (Å²) in [6.07, 6.45) is 1.15. The lowest BCUT2D eigenvalue weighted by Crippen LogP contribution is -2.29. The molecule has 0 heterocycles. The van der Waals surface area contributed by atoms with E-state index in [1.807, 2.05) is 6.07 Å². The Morgan fingerprint density at radius 1 is 1.24 bits per heavy atom. The first-order chi connectivity index (χ1) is 15.9. The zero-order chi connectivity index (χ0) is 24.2. The third-order valence-corrected chi connectivity index (χ3v) is 5.18. The molecular formula is C23H24IN3O6. The number of anilines is 1. The van der Waals surface area contributed by atoms with Crippen LogP contribution in [0.1, 0.15) is 37.0 Å². The van der Waals surface area contributed by atoms with Crippen molar-refractivity contribution in [1.82, 2.24) is 5.48 Å². The minimum absolute atomic E-state index is 0.0495. The summed E-state index contributed by atoms with van der Waals surface area (Å²) in [5.74, 6) is -0.709. The van der Waals surface area contributed by atoms with Gasteiger partial charge in [0.25, 0.3) is 5.91 Å². The molecule has 10 heteroatoms. The molecule has 0 fully saturated rings. The Kier molecular flexibility index (Phi) is 10.6. The monoisotopic (exact) mass is 565 g/mol. The van der Waals surface area contributed by atoms with Crippen LogP contribution < -0.4 is 10.8 Å². The second kappa shape index (κ2) is 13.4. The van der Waals surface area contributed by atoms with Crippen molar-refractivity contribution >= 4 is 40.3 Å². The molecule has 33 heavy (non-hydrogen) atoms. The number of carbonyl (C=O) groups excluding carboxylic acids is 2. The number of phenolic OH excluding ortho intramolecular Hbond substituents is 1. The van der Waals surface area contributed by atoms with Gasteiger partial charge in [-0.2, -0.15) is 5.26 Å². The summed E-state index contributed by atoms with van der Waals surface area (Å²) < 4.78 is 12.4. The molecule has 0 aromatic heterocycles. The summed E-state index contributed by atoms with van der Waals surface area (Å²) >= 11 is 2.09. The Morgan fingerprint density at radius 2 is 1.97 bits per heavy atom. The summed E-state index contributed by atoms with van der Waals surface area (Å²) in [6, 6.07) is 13.2. The van der Waals surface area contributed by atoms with Crippen molar-refractivity contribution in [2.24, 2.45) is 0 Å².